The van der Waals surface area contributed by atoms with E-state index < -0.39 is 5.41 Å². The van der Waals surface area contributed by atoms with Gasteiger partial charge in [0.25, 0.3) is 0 Å². The predicted molar refractivity (Wildman–Crippen MR) is 67.0 cm³/mol. The summed E-state index contributed by atoms with van der Waals surface area (Å²) in [6.07, 6.45) is 2.90. The molecule has 0 spiro atoms. The Morgan fingerprint density at radius 3 is 2.69 bits per heavy atom. The number of aliphatic hydroxyl groups is 1. The van der Waals surface area contributed by atoms with Gasteiger partial charge in [0.2, 0.25) is 5.91 Å². The van der Waals surface area contributed by atoms with Gasteiger partial charge in [-0.2, -0.15) is 0 Å². The van der Waals surface area contributed by atoms with Gasteiger partial charge in [0.15, 0.2) is 0 Å². The summed E-state index contributed by atoms with van der Waals surface area (Å²) in [4.78, 5) is 14.2. The second-order valence-corrected chi connectivity index (χ2v) is 5.26. The number of nitrogens with zero attached hydrogens (tertiary/aromatic N) is 1. The van der Waals surface area contributed by atoms with Crippen LogP contribution in [0.4, 0.5) is 0 Å². The van der Waals surface area contributed by atoms with Crippen molar-refractivity contribution in [2.75, 3.05) is 13.2 Å². The standard InChI is InChI=1S/C11H20N2O2S/c1-11(2,9(12)16)10(15)13-6-4-3-5-8(13)7-14/h8,14H,3-7H2,1-2H3,(H2,12,16). The van der Waals surface area contributed by atoms with Gasteiger partial charge in [0, 0.05) is 6.54 Å². The van der Waals surface area contributed by atoms with Crippen LogP contribution < -0.4 is 5.73 Å². The molecule has 0 aromatic rings. The zero-order valence-electron chi connectivity index (χ0n) is 9.90. The number of aliphatic hydroxyl groups excluding tert-OH is 1. The highest BCUT2D eigenvalue weighted by atomic mass is 32.1. The first-order valence-corrected chi connectivity index (χ1v) is 6.04. The third kappa shape index (κ3) is 2.52. The summed E-state index contributed by atoms with van der Waals surface area (Å²) >= 11 is 4.92. The number of carbonyl (C=O) groups is 1. The summed E-state index contributed by atoms with van der Waals surface area (Å²) in [6, 6.07) is -0.0742. The third-order valence-corrected chi connectivity index (χ3v) is 3.76. The van der Waals surface area contributed by atoms with Gasteiger partial charge >= 0.3 is 0 Å². The summed E-state index contributed by atoms with van der Waals surface area (Å²) in [5.74, 6) is -0.0706. The quantitative estimate of drug-likeness (QED) is 0.716. The summed E-state index contributed by atoms with van der Waals surface area (Å²) in [7, 11) is 0. The van der Waals surface area contributed by atoms with E-state index in [1.54, 1.807) is 18.7 Å². The smallest absolute Gasteiger partial charge is 0.235 e. The van der Waals surface area contributed by atoms with Gasteiger partial charge in [-0.3, -0.25) is 4.79 Å². The number of thiocarbonyl (C=S) groups is 1. The highest BCUT2D eigenvalue weighted by molar-refractivity contribution is 7.80. The van der Waals surface area contributed by atoms with Crippen molar-refractivity contribution in [3.8, 4) is 0 Å². The van der Waals surface area contributed by atoms with E-state index in [0.29, 0.717) is 6.54 Å². The zero-order chi connectivity index (χ0) is 12.3. The van der Waals surface area contributed by atoms with Crippen LogP contribution in [0.2, 0.25) is 0 Å². The molecular formula is C11H20N2O2S. The Morgan fingerprint density at radius 2 is 2.19 bits per heavy atom. The highest BCUT2D eigenvalue weighted by Crippen LogP contribution is 2.25. The molecule has 0 bridgehead atoms. The molecule has 3 N–H and O–H groups in total. The lowest BCUT2D eigenvalue weighted by Gasteiger charge is -2.39. The topological polar surface area (TPSA) is 66.6 Å². The Morgan fingerprint density at radius 1 is 1.56 bits per heavy atom. The van der Waals surface area contributed by atoms with Gasteiger partial charge in [-0.1, -0.05) is 12.2 Å². The van der Waals surface area contributed by atoms with Crippen LogP contribution in [0.5, 0.6) is 0 Å². The van der Waals surface area contributed by atoms with Crippen molar-refractivity contribution in [1.82, 2.24) is 4.90 Å². The van der Waals surface area contributed by atoms with Crippen molar-refractivity contribution in [2.24, 2.45) is 11.1 Å². The lowest BCUT2D eigenvalue weighted by Crippen LogP contribution is -2.53. The molecule has 1 amide bonds. The van der Waals surface area contributed by atoms with Gasteiger partial charge in [-0.25, -0.2) is 0 Å². The Bertz CT molecular complexity index is 292. The van der Waals surface area contributed by atoms with Crippen molar-refractivity contribution in [3.05, 3.63) is 0 Å². The van der Waals surface area contributed by atoms with Gasteiger partial charge < -0.3 is 15.7 Å². The average molecular weight is 244 g/mol. The summed E-state index contributed by atoms with van der Waals surface area (Å²) in [6.45, 7) is 4.18. The molecule has 1 atom stereocenters. The molecule has 1 unspecified atom stereocenters. The number of hydrogen-bond donors (Lipinski definition) is 2. The maximum atomic E-state index is 12.3. The largest absolute Gasteiger partial charge is 0.394 e. The van der Waals surface area contributed by atoms with E-state index in [1.807, 2.05) is 0 Å². The Balaban J connectivity index is 2.82. The molecule has 0 aromatic carbocycles. The average Bonchev–Trinajstić information content (AvgIpc) is 2.27. The first-order chi connectivity index (χ1) is 7.41. The number of rotatable bonds is 3. The van der Waals surface area contributed by atoms with Crippen LogP contribution >= 0.6 is 12.2 Å². The van der Waals surface area contributed by atoms with Crippen LogP contribution in [0.25, 0.3) is 0 Å². The van der Waals surface area contributed by atoms with Crippen molar-refractivity contribution in [3.63, 3.8) is 0 Å². The number of likely N-dealkylation sites (tertiary alicyclic amines) is 1. The summed E-state index contributed by atoms with van der Waals surface area (Å²) in [5.41, 5.74) is 4.77. The van der Waals surface area contributed by atoms with Gasteiger partial charge in [0.05, 0.1) is 23.1 Å². The lowest BCUT2D eigenvalue weighted by atomic mass is 9.89. The highest BCUT2D eigenvalue weighted by Gasteiger charge is 2.38. The molecule has 0 aromatic heterocycles. The monoisotopic (exact) mass is 244 g/mol. The number of carbonyl (C=O) groups excluding carboxylic acids is 1. The molecule has 1 heterocycles. The second-order valence-electron chi connectivity index (χ2n) is 4.82. The fraction of sp³-hybridized carbons (Fsp3) is 0.818. The first-order valence-electron chi connectivity index (χ1n) is 5.63. The maximum absolute atomic E-state index is 12.3. The molecule has 1 aliphatic rings. The van der Waals surface area contributed by atoms with E-state index in [-0.39, 0.29) is 23.5 Å². The van der Waals surface area contributed by atoms with Crippen molar-refractivity contribution < 1.29 is 9.90 Å². The maximum Gasteiger partial charge on any atom is 0.235 e. The minimum absolute atomic E-state index is 0.0130. The van der Waals surface area contributed by atoms with Crippen molar-refractivity contribution in [1.29, 1.82) is 0 Å². The number of nitrogens with two attached hydrogens (primary N) is 1. The van der Waals surface area contributed by atoms with Gasteiger partial charge in [0.1, 0.15) is 0 Å². The lowest BCUT2D eigenvalue weighted by molar-refractivity contribution is -0.141. The molecule has 4 nitrogen and oxygen atoms in total. The van der Waals surface area contributed by atoms with Crippen LogP contribution in [0.1, 0.15) is 33.1 Å². The zero-order valence-corrected chi connectivity index (χ0v) is 10.7. The van der Waals surface area contributed by atoms with Crippen LogP contribution in [-0.4, -0.2) is 40.1 Å². The molecule has 92 valence electrons. The first kappa shape index (κ1) is 13.4. The summed E-state index contributed by atoms with van der Waals surface area (Å²) < 4.78 is 0. The fourth-order valence-electron chi connectivity index (χ4n) is 1.92. The number of hydrogen-bond acceptors (Lipinski definition) is 3. The summed E-state index contributed by atoms with van der Waals surface area (Å²) in [5, 5.41) is 9.26. The van der Waals surface area contributed by atoms with Gasteiger partial charge in [-0.15, -0.1) is 0 Å². The minimum Gasteiger partial charge on any atom is -0.394 e. The molecule has 16 heavy (non-hydrogen) atoms. The molecule has 0 saturated carbocycles. The van der Waals surface area contributed by atoms with E-state index in [4.69, 9.17) is 18.0 Å². The van der Waals surface area contributed by atoms with E-state index in [0.717, 1.165) is 19.3 Å². The predicted octanol–water partition coefficient (Wildman–Crippen LogP) is 0.672. The molecule has 1 rings (SSSR count). The van der Waals surface area contributed by atoms with Crippen LogP contribution in [0.15, 0.2) is 0 Å². The minimum atomic E-state index is -0.819. The number of amides is 1. The molecule has 1 aliphatic heterocycles. The second kappa shape index (κ2) is 5.10. The van der Waals surface area contributed by atoms with Crippen molar-refractivity contribution in [2.45, 2.75) is 39.2 Å². The van der Waals surface area contributed by atoms with E-state index in [9.17, 15) is 9.90 Å². The van der Waals surface area contributed by atoms with Gasteiger partial charge in [-0.05, 0) is 33.1 Å². The SMILES string of the molecule is CC(C)(C(=O)N1CCCCC1CO)C(N)=S. The van der Waals surface area contributed by atoms with Crippen LogP contribution in [0.3, 0.4) is 0 Å². The van der Waals surface area contributed by atoms with Crippen molar-refractivity contribution >= 4 is 23.1 Å². The third-order valence-electron chi connectivity index (χ3n) is 3.25. The van der Waals surface area contributed by atoms with E-state index >= 15 is 0 Å². The number of piperidine rings is 1. The molecule has 5 heteroatoms. The normalized spacial score (nSPS) is 21.9. The Hall–Kier alpha value is -0.680. The van der Waals surface area contributed by atoms with E-state index in [1.165, 1.54) is 0 Å². The van der Waals surface area contributed by atoms with Crippen LogP contribution in [-0.2, 0) is 4.79 Å². The Kier molecular flexibility index (Phi) is 4.27. The molecule has 1 saturated heterocycles. The molecule has 0 radical (unpaired) electrons. The van der Waals surface area contributed by atoms with E-state index in [2.05, 4.69) is 0 Å². The molecule has 0 aliphatic carbocycles. The Labute approximate surface area is 102 Å². The fourth-order valence-corrected chi connectivity index (χ4v) is 2.01. The van der Waals surface area contributed by atoms with Crippen LogP contribution in [0, 0.1) is 5.41 Å². The molecule has 1 fully saturated rings. The molecular weight excluding hydrogens is 224 g/mol.